The summed E-state index contributed by atoms with van der Waals surface area (Å²) in [5.41, 5.74) is 2.61. The Morgan fingerprint density at radius 1 is 1.21 bits per heavy atom. The third kappa shape index (κ3) is 5.35. The number of hydrogen-bond donors (Lipinski definition) is 1. The zero-order valence-electron chi connectivity index (χ0n) is 19.5. The monoisotopic (exact) mass is 502 g/mol. The molecule has 0 bridgehead atoms. The highest BCUT2D eigenvalue weighted by Crippen LogP contribution is 2.37. The number of carbonyl (C=O) groups excluding carboxylic acids is 1. The maximum atomic E-state index is 13.1. The minimum absolute atomic E-state index is 0.217. The number of methoxy groups -OCH3 is 1. The van der Waals surface area contributed by atoms with Gasteiger partial charge in [0.05, 0.1) is 37.5 Å². The molecule has 11 heteroatoms. The van der Waals surface area contributed by atoms with Crippen molar-refractivity contribution in [1.82, 2.24) is 24.4 Å². The molecule has 0 radical (unpaired) electrons. The normalized spacial score (nSPS) is 12.1. The topological polar surface area (TPSA) is 95.6 Å². The second kappa shape index (κ2) is 10.0. The number of carbonyl (C=O) groups is 1. The molecule has 3 aromatic heterocycles. The van der Waals surface area contributed by atoms with E-state index in [4.69, 9.17) is 21.1 Å². The number of ether oxygens (including phenoxy) is 2. The van der Waals surface area contributed by atoms with Crippen LogP contribution in [0.15, 0.2) is 49.1 Å². The largest absolute Gasteiger partial charge is 0.496 e. The highest BCUT2D eigenvalue weighted by molar-refractivity contribution is 8.32. The zero-order chi connectivity index (χ0) is 24.3. The van der Waals surface area contributed by atoms with Gasteiger partial charge in [-0.05, 0) is 43.0 Å². The van der Waals surface area contributed by atoms with Crippen molar-refractivity contribution in [3.8, 4) is 17.0 Å². The maximum Gasteiger partial charge on any atom is 0.261 e. The van der Waals surface area contributed by atoms with E-state index in [1.54, 1.807) is 59.2 Å². The van der Waals surface area contributed by atoms with E-state index in [-0.39, 0.29) is 12.6 Å². The Labute approximate surface area is 204 Å². The van der Waals surface area contributed by atoms with E-state index < -0.39 is 10.0 Å². The van der Waals surface area contributed by atoms with Crippen LogP contribution in [-0.4, -0.2) is 68.5 Å². The van der Waals surface area contributed by atoms with Gasteiger partial charge in [0.1, 0.15) is 18.0 Å². The first-order valence-electron chi connectivity index (χ1n) is 10.5. The molecule has 0 spiro atoms. The molecule has 1 N–H and O–H groups in total. The first-order valence-corrected chi connectivity index (χ1v) is 13.9. The number of anilines is 1. The second-order valence-corrected chi connectivity index (χ2v) is 13.5. The quantitative estimate of drug-likeness (QED) is 0.345. The Balaban J connectivity index is 1.67. The molecule has 0 aliphatic heterocycles. The molecule has 0 atom stereocenters. The molecule has 4 rings (SSSR count). The van der Waals surface area contributed by atoms with Gasteiger partial charge >= 0.3 is 0 Å². The van der Waals surface area contributed by atoms with Crippen LogP contribution in [0.25, 0.3) is 16.9 Å². The fourth-order valence-corrected chi connectivity index (χ4v) is 4.15. The van der Waals surface area contributed by atoms with Crippen molar-refractivity contribution in [2.24, 2.45) is 0 Å². The Morgan fingerprint density at radius 3 is 2.79 bits per heavy atom. The molecule has 1 amide bonds. The molecule has 3 heterocycles. The smallest absolute Gasteiger partial charge is 0.261 e. The van der Waals surface area contributed by atoms with E-state index in [1.165, 1.54) is 6.20 Å². The first-order chi connectivity index (χ1) is 16.3. The summed E-state index contributed by atoms with van der Waals surface area (Å²) in [6.07, 6.45) is 13.2. The van der Waals surface area contributed by atoms with E-state index >= 15 is 0 Å². The average molecular weight is 503 g/mol. The van der Waals surface area contributed by atoms with Gasteiger partial charge in [-0.3, -0.25) is 4.79 Å². The van der Waals surface area contributed by atoms with Crippen molar-refractivity contribution in [3.05, 3.63) is 59.6 Å². The summed E-state index contributed by atoms with van der Waals surface area (Å²) in [4.78, 5) is 17.4. The van der Waals surface area contributed by atoms with Crippen LogP contribution in [0.3, 0.4) is 0 Å². The Morgan fingerprint density at radius 2 is 2.03 bits per heavy atom. The van der Waals surface area contributed by atoms with Crippen molar-refractivity contribution in [1.29, 1.82) is 0 Å². The maximum absolute atomic E-state index is 13.1. The molecule has 0 fully saturated rings. The summed E-state index contributed by atoms with van der Waals surface area (Å²) < 4.78 is 14.7. The fourth-order valence-electron chi connectivity index (χ4n) is 3.36. The number of fused-ring (bicyclic) bond motifs is 1. The molecule has 0 saturated heterocycles. The number of nitrogens with one attached hydrogen (secondary N) is 1. The van der Waals surface area contributed by atoms with E-state index in [9.17, 15) is 4.79 Å². The molecule has 0 saturated carbocycles. The van der Waals surface area contributed by atoms with E-state index in [2.05, 4.69) is 39.3 Å². The summed E-state index contributed by atoms with van der Waals surface area (Å²) in [5.74, 6) is 1.22. The van der Waals surface area contributed by atoms with Crippen molar-refractivity contribution < 1.29 is 14.3 Å². The lowest BCUT2D eigenvalue weighted by molar-refractivity contribution is 0.0821. The lowest BCUT2D eigenvalue weighted by Crippen LogP contribution is -2.14. The molecule has 4 aromatic rings. The summed E-state index contributed by atoms with van der Waals surface area (Å²) in [6.45, 7) is 0.829. The second-order valence-electron chi connectivity index (χ2n) is 8.48. The van der Waals surface area contributed by atoms with Gasteiger partial charge in [-0.15, -0.1) is 0 Å². The number of rotatable bonds is 9. The number of nitrogens with zero attached hydrogens (tertiary/aromatic N) is 5. The molecule has 0 aliphatic rings. The summed E-state index contributed by atoms with van der Waals surface area (Å²) in [6, 6.07) is 7.05. The van der Waals surface area contributed by atoms with Gasteiger partial charge < -0.3 is 14.8 Å². The molecular formula is C23H27ClN6O3S. The van der Waals surface area contributed by atoms with Crippen LogP contribution in [0.4, 0.5) is 5.69 Å². The van der Waals surface area contributed by atoms with Gasteiger partial charge in [0.15, 0.2) is 5.65 Å². The molecule has 0 aliphatic carbocycles. The number of aromatic nitrogens is 5. The third-order valence-electron chi connectivity index (χ3n) is 5.08. The van der Waals surface area contributed by atoms with Gasteiger partial charge in [-0.1, -0.05) is 11.6 Å². The van der Waals surface area contributed by atoms with Crippen LogP contribution in [0, 0.1) is 0 Å². The summed E-state index contributed by atoms with van der Waals surface area (Å²) >= 11 is 6.30. The van der Waals surface area contributed by atoms with Gasteiger partial charge in [-0.2, -0.15) is 10.2 Å². The standard InChI is InChI=1S/C23H27ClN6O3S/c1-32-20-7-6-16(24)12-17(20)21-19(14-27-30(21)15-33-10-11-34(2,3)4)28-23(31)18-13-26-29-9-5-8-25-22(18)29/h5-9,12-14H,10-11,15H2,1-4H3,(H,28,31). The van der Waals surface area contributed by atoms with Gasteiger partial charge in [0.2, 0.25) is 0 Å². The highest BCUT2D eigenvalue weighted by atomic mass is 35.5. The predicted molar refractivity (Wildman–Crippen MR) is 136 cm³/mol. The molecular weight excluding hydrogens is 476 g/mol. The van der Waals surface area contributed by atoms with Crippen molar-refractivity contribution in [2.75, 3.05) is 43.6 Å². The third-order valence-corrected chi connectivity index (χ3v) is 6.71. The predicted octanol–water partition coefficient (Wildman–Crippen LogP) is 4.18. The average Bonchev–Trinajstić information content (AvgIpc) is 3.40. The SMILES string of the molecule is COc1ccc(Cl)cc1-c1c(NC(=O)c2cnn3cccnc23)cnn1COCCS(C)(C)C. The Kier molecular flexibility index (Phi) is 7.11. The molecule has 9 nitrogen and oxygen atoms in total. The van der Waals surface area contributed by atoms with Crippen LogP contribution < -0.4 is 10.1 Å². The van der Waals surface area contributed by atoms with Crippen molar-refractivity contribution >= 4 is 38.9 Å². The van der Waals surface area contributed by atoms with Crippen molar-refractivity contribution in [2.45, 2.75) is 6.73 Å². The fraction of sp³-hybridized carbons (Fsp3) is 0.304. The van der Waals surface area contributed by atoms with E-state index in [0.29, 0.717) is 45.5 Å². The first kappa shape index (κ1) is 24.1. The van der Waals surface area contributed by atoms with Crippen LogP contribution in [-0.2, 0) is 11.5 Å². The summed E-state index contributed by atoms with van der Waals surface area (Å²) in [7, 11) is 0.908. The zero-order valence-corrected chi connectivity index (χ0v) is 21.1. The molecule has 34 heavy (non-hydrogen) atoms. The summed E-state index contributed by atoms with van der Waals surface area (Å²) in [5, 5.41) is 12.1. The highest BCUT2D eigenvalue weighted by Gasteiger charge is 2.22. The lowest BCUT2D eigenvalue weighted by atomic mass is 10.1. The van der Waals surface area contributed by atoms with Gasteiger partial charge in [0, 0.05) is 28.7 Å². The van der Waals surface area contributed by atoms with Crippen LogP contribution in [0.5, 0.6) is 5.75 Å². The number of hydrogen-bond acceptors (Lipinski definition) is 6. The van der Waals surface area contributed by atoms with E-state index in [1.807, 2.05) is 0 Å². The molecule has 180 valence electrons. The van der Waals surface area contributed by atoms with Gasteiger partial charge in [0.25, 0.3) is 5.91 Å². The number of amides is 1. The van der Waals surface area contributed by atoms with Gasteiger partial charge in [-0.25, -0.2) is 24.2 Å². The van der Waals surface area contributed by atoms with E-state index in [0.717, 1.165) is 5.75 Å². The number of halogens is 1. The molecule has 0 unspecified atom stereocenters. The number of benzene rings is 1. The minimum Gasteiger partial charge on any atom is -0.496 e. The molecule has 1 aromatic carbocycles. The minimum atomic E-state index is -0.674. The van der Waals surface area contributed by atoms with Crippen LogP contribution >= 0.6 is 21.6 Å². The lowest BCUT2D eigenvalue weighted by Gasteiger charge is -2.24. The van der Waals surface area contributed by atoms with Crippen LogP contribution in [0.1, 0.15) is 10.4 Å². The Hall–Kier alpha value is -3.08. The van der Waals surface area contributed by atoms with Crippen molar-refractivity contribution in [3.63, 3.8) is 0 Å². The Bertz CT molecular complexity index is 1310. The van der Waals surface area contributed by atoms with Crippen LogP contribution in [0.2, 0.25) is 5.02 Å².